The van der Waals surface area contributed by atoms with Crippen LogP contribution in [0.5, 0.6) is 0 Å². The molecule has 37 heavy (non-hydrogen) atoms. The number of imidazole rings is 1. The highest BCUT2D eigenvalue weighted by Gasteiger charge is 2.33. The quantitative estimate of drug-likeness (QED) is 0.343. The lowest BCUT2D eigenvalue weighted by molar-refractivity contribution is 0.557. The second-order valence-electron chi connectivity index (χ2n) is 8.83. The van der Waals surface area contributed by atoms with Crippen molar-refractivity contribution in [3.63, 3.8) is 0 Å². The lowest BCUT2D eigenvalue weighted by atomic mass is 9.99. The van der Waals surface area contributed by atoms with Crippen molar-refractivity contribution in [1.29, 1.82) is 0 Å². The minimum atomic E-state index is -0.747. The van der Waals surface area contributed by atoms with Crippen molar-refractivity contribution in [2.75, 3.05) is 5.73 Å². The maximum absolute atomic E-state index is 15.3. The first-order valence-corrected chi connectivity index (χ1v) is 11.6. The minimum Gasteiger partial charge on any atom is -0.395 e. The summed E-state index contributed by atoms with van der Waals surface area (Å²) in [6, 6.07) is 7.24. The van der Waals surface area contributed by atoms with Crippen molar-refractivity contribution >= 4 is 17.3 Å². The average Bonchev–Trinajstić information content (AvgIpc) is 3.63. The summed E-state index contributed by atoms with van der Waals surface area (Å²) < 4.78 is 31.7. The van der Waals surface area contributed by atoms with Crippen LogP contribution in [0.25, 0.3) is 28.1 Å². The van der Waals surface area contributed by atoms with Crippen molar-refractivity contribution in [2.24, 2.45) is 0 Å². The van der Waals surface area contributed by atoms with Gasteiger partial charge in [0.1, 0.15) is 12.2 Å². The van der Waals surface area contributed by atoms with Gasteiger partial charge in [0, 0.05) is 29.1 Å². The van der Waals surface area contributed by atoms with E-state index >= 15 is 4.39 Å². The average molecular weight is 522 g/mol. The maximum Gasteiger partial charge on any atom is 0.252 e. The number of aromatic nitrogens is 8. The first-order valence-electron chi connectivity index (χ1n) is 11.3. The topological polar surface area (TPSA) is 133 Å². The summed E-state index contributed by atoms with van der Waals surface area (Å²) in [6.07, 6.45) is 4.87. The summed E-state index contributed by atoms with van der Waals surface area (Å²) in [5.74, 6) is -0.900. The zero-order chi connectivity index (χ0) is 25.8. The zero-order valence-electron chi connectivity index (χ0n) is 19.2. The Hall–Kier alpha value is -4.45. The lowest BCUT2D eigenvalue weighted by Crippen LogP contribution is -2.24. The van der Waals surface area contributed by atoms with Crippen LogP contribution in [-0.2, 0) is 0 Å². The normalized spacial score (nSPS) is 16.8. The van der Waals surface area contributed by atoms with Crippen molar-refractivity contribution < 1.29 is 8.78 Å². The number of hydrogen-bond donors (Lipinski definition) is 2. The van der Waals surface area contributed by atoms with Crippen LogP contribution >= 0.6 is 11.6 Å². The highest BCUT2D eigenvalue weighted by molar-refractivity contribution is 6.31. The number of anilines is 1. The number of nitrogen functional groups attached to an aromatic ring is 1. The fraction of sp³-hybridized carbons (Fsp3) is 0.167. The highest BCUT2D eigenvalue weighted by Crippen LogP contribution is 2.41. The van der Waals surface area contributed by atoms with Crippen LogP contribution in [0.2, 0.25) is 5.02 Å². The van der Waals surface area contributed by atoms with Gasteiger partial charge in [0.25, 0.3) is 5.56 Å². The third kappa shape index (κ3) is 3.76. The molecule has 1 aromatic carbocycles. The molecule has 0 saturated carbocycles. The van der Waals surface area contributed by atoms with E-state index in [-0.39, 0.29) is 33.8 Å². The molecule has 13 heteroatoms. The smallest absolute Gasteiger partial charge is 0.252 e. The van der Waals surface area contributed by atoms with Gasteiger partial charge in [-0.15, -0.1) is 5.10 Å². The molecule has 1 aliphatic rings. The summed E-state index contributed by atoms with van der Waals surface area (Å²) in [4.78, 5) is 24.8. The predicted molar refractivity (Wildman–Crippen MR) is 131 cm³/mol. The van der Waals surface area contributed by atoms with E-state index in [0.29, 0.717) is 34.8 Å². The van der Waals surface area contributed by atoms with Crippen molar-refractivity contribution in [3.8, 4) is 28.1 Å². The number of pyridine rings is 2. The summed E-state index contributed by atoms with van der Waals surface area (Å²) in [6.45, 7) is 1.99. The van der Waals surface area contributed by atoms with Gasteiger partial charge in [0.15, 0.2) is 5.82 Å². The van der Waals surface area contributed by atoms with Gasteiger partial charge in [-0.1, -0.05) is 18.5 Å². The van der Waals surface area contributed by atoms with Crippen molar-refractivity contribution in [2.45, 2.75) is 25.3 Å². The van der Waals surface area contributed by atoms with Gasteiger partial charge in [0.2, 0.25) is 5.95 Å². The van der Waals surface area contributed by atoms with Crippen molar-refractivity contribution in [3.05, 3.63) is 87.7 Å². The van der Waals surface area contributed by atoms with Crippen LogP contribution in [0, 0.1) is 11.8 Å². The molecule has 6 rings (SSSR count). The molecule has 0 spiro atoms. The number of nitrogens with one attached hydrogen (secondary N) is 1. The van der Waals surface area contributed by atoms with E-state index < -0.39 is 11.8 Å². The number of rotatable bonds is 4. The number of halogens is 3. The molecule has 186 valence electrons. The largest absolute Gasteiger partial charge is 0.395 e. The number of nitrogens with two attached hydrogens (primary N) is 1. The number of H-pyrrole nitrogens is 1. The second kappa shape index (κ2) is 8.59. The number of fused-ring (bicyclic) bond motifs is 1. The minimum absolute atomic E-state index is 0.0342. The fourth-order valence-electron chi connectivity index (χ4n) is 4.80. The van der Waals surface area contributed by atoms with Gasteiger partial charge in [-0.3, -0.25) is 4.79 Å². The number of tetrazole rings is 1. The Labute approximate surface area is 212 Å². The highest BCUT2D eigenvalue weighted by atomic mass is 35.5. The van der Waals surface area contributed by atoms with Gasteiger partial charge in [-0.05, 0) is 52.6 Å². The third-order valence-electron chi connectivity index (χ3n) is 6.54. The first-order chi connectivity index (χ1) is 17.8. The summed E-state index contributed by atoms with van der Waals surface area (Å²) in [5.41, 5.74) is 7.96. The SMILES string of the molecule is C[C@H]1C[C@@H](c2ncc(-c3cnc(F)c(N)c3)[nH]2)n2c1cc(-c1c(-n3cnnn3)ccc(Cl)c1F)cc2=O. The van der Waals surface area contributed by atoms with E-state index in [1.54, 1.807) is 22.9 Å². The Kier molecular flexibility index (Phi) is 5.33. The monoisotopic (exact) mass is 521 g/mol. The Morgan fingerprint density at radius 3 is 2.73 bits per heavy atom. The van der Waals surface area contributed by atoms with Crippen LogP contribution in [-0.4, -0.2) is 39.7 Å². The van der Waals surface area contributed by atoms with E-state index in [4.69, 9.17) is 17.3 Å². The molecular formula is C24H18ClF2N9O. The van der Waals surface area contributed by atoms with E-state index in [1.807, 2.05) is 6.92 Å². The van der Waals surface area contributed by atoms with Gasteiger partial charge in [-0.2, -0.15) is 9.07 Å². The molecule has 5 heterocycles. The number of aromatic amines is 1. The molecule has 0 amide bonds. The number of benzene rings is 1. The molecule has 5 aromatic rings. The molecule has 0 unspecified atom stereocenters. The van der Waals surface area contributed by atoms with Gasteiger partial charge in [-0.25, -0.2) is 14.4 Å². The maximum atomic E-state index is 15.3. The van der Waals surface area contributed by atoms with E-state index in [1.165, 1.54) is 35.4 Å². The molecule has 0 saturated heterocycles. The summed E-state index contributed by atoms with van der Waals surface area (Å²) in [7, 11) is 0. The molecule has 0 bridgehead atoms. The predicted octanol–water partition coefficient (Wildman–Crippen LogP) is 3.89. The number of hydrogen-bond acceptors (Lipinski definition) is 7. The van der Waals surface area contributed by atoms with Crippen LogP contribution in [0.3, 0.4) is 0 Å². The molecule has 4 aromatic heterocycles. The summed E-state index contributed by atoms with van der Waals surface area (Å²) in [5, 5.41) is 11.0. The molecule has 3 N–H and O–H groups in total. The molecule has 0 aliphatic carbocycles. The van der Waals surface area contributed by atoms with Gasteiger partial charge in [0.05, 0.1) is 34.3 Å². The van der Waals surface area contributed by atoms with Crippen molar-refractivity contribution in [1.82, 2.24) is 39.7 Å². The third-order valence-corrected chi connectivity index (χ3v) is 6.83. The van der Waals surface area contributed by atoms with Gasteiger partial charge < -0.3 is 15.3 Å². The molecular weight excluding hydrogens is 504 g/mol. The zero-order valence-corrected chi connectivity index (χ0v) is 20.0. The Morgan fingerprint density at radius 1 is 1.14 bits per heavy atom. The standard InChI is InChI=1S/C24H18ClF2N9O/c1-11-4-19(24-30-9-16(32-24)13-5-15(28)23(27)29-8-13)36-18(11)6-12(7-20(36)37)21-17(35-10-31-33-34-35)3-2-14(25)22(21)26/h2-3,5-11,19H,4,28H2,1H3,(H,30,32)/t11-,19-/m0/s1. The summed E-state index contributed by atoms with van der Waals surface area (Å²) >= 11 is 6.09. The second-order valence-corrected chi connectivity index (χ2v) is 9.23. The fourth-order valence-corrected chi connectivity index (χ4v) is 4.95. The molecule has 2 atom stereocenters. The Morgan fingerprint density at radius 2 is 1.97 bits per heavy atom. The Balaban J connectivity index is 1.44. The number of nitrogens with zero attached hydrogens (tertiary/aromatic N) is 7. The van der Waals surface area contributed by atoms with Crippen LogP contribution in [0.4, 0.5) is 14.5 Å². The van der Waals surface area contributed by atoms with Gasteiger partial charge >= 0.3 is 0 Å². The first kappa shape index (κ1) is 23.0. The van der Waals surface area contributed by atoms with Crippen LogP contribution in [0.1, 0.15) is 36.8 Å². The van der Waals surface area contributed by atoms with E-state index in [0.717, 1.165) is 5.69 Å². The molecule has 1 aliphatic heterocycles. The lowest BCUT2D eigenvalue weighted by Gasteiger charge is -2.16. The molecule has 10 nitrogen and oxygen atoms in total. The van der Waals surface area contributed by atoms with E-state index in [9.17, 15) is 9.18 Å². The molecule has 0 radical (unpaired) electrons. The van der Waals surface area contributed by atoms with Crippen LogP contribution in [0.15, 0.2) is 53.8 Å². The molecule has 0 fully saturated rings. The van der Waals surface area contributed by atoms with E-state index in [2.05, 4.69) is 30.5 Å². The van der Waals surface area contributed by atoms with Crippen LogP contribution < -0.4 is 11.3 Å². The Bertz CT molecular complexity index is 1710.